The zero-order valence-corrected chi connectivity index (χ0v) is 11.7. The number of amides is 2. The smallest absolute Gasteiger partial charge is 0.227 e. The van der Waals surface area contributed by atoms with E-state index in [2.05, 4.69) is 5.32 Å². The zero-order valence-electron chi connectivity index (χ0n) is 11.7. The van der Waals surface area contributed by atoms with Gasteiger partial charge in [-0.25, -0.2) is 0 Å². The van der Waals surface area contributed by atoms with Crippen LogP contribution in [0, 0.1) is 5.92 Å². The molecule has 2 rings (SSSR count). The topological polar surface area (TPSA) is 49.4 Å². The van der Waals surface area contributed by atoms with Crippen LogP contribution < -0.4 is 10.2 Å². The van der Waals surface area contributed by atoms with Crippen molar-refractivity contribution in [2.45, 2.75) is 33.6 Å². The van der Waals surface area contributed by atoms with Gasteiger partial charge in [0.05, 0.1) is 0 Å². The fourth-order valence-corrected chi connectivity index (χ4v) is 2.26. The summed E-state index contributed by atoms with van der Waals surface area (Å²) in [5.74, 6) is 0.126. The van der Waals surface area contributed by atoms with Crippen molar-refractivity contribution in [3.05, 3.63) is 23.8 Å². The van der Waals surface area contributed by atoms with E-state index in [0.717, 1.165) is 36.3 Å². The highest BCUT2D eigenvalue weighted by atomic mass is 16.2. The number of nitrogens with zero attached hydrogens (tertiary/aromatic N) is 1. The quantitative estimate of drug-likeness (QED) is 0.908. The lowest BCUT2D eigenvalue weighted by Crippen LogP contribution is -2.25. The fourth-order valence-electron chi connectivity index (χ4n) is 2.26. The number of fused-ring (bicyclic) bond motifs is 1. The number of benzene rings is 1. The third kappa shape index (κ3) is 2.78. The maximum Gasteiger partial charge on any atom is 0.227 e. The standard InChI is InChI=1S/C15H20N2O2/c1-4-10(2)15(19)16-13-5-6-14-12(9-13)7-8-17(14)11(3)18/h5-6,9-10H,4,7-8H2,1-3H3,(H,16,19). The summed E-state index contributed by atoms with van der Waals surface area (Å²) in [6.07, 6.45) is 1.68. The molecular formula is C15H20N2O2. The Morgan fingerprint density at radius 1 is 1.42 bits per heavy atom. The molecule has 4 heteroatoms. The van der Waals surface area contributed by atoms with Gasteiger partial charge in [-0.2, -0.15) is 0 Å². The van der Waals surface area contributed by atoms with Crippen LogP contribution in [0.2, 0.25) is 0 Å². The SMILES string of the molecule is CCC(C)C(=O)Nc1ccc2c(c1)CCN2C(C)=O. The molecule has 1 heterocycles. The van der Waals surface area contributed by atoms with Gasteiger partial charge in [-0.1, -0.05) is 13.8 Å². The lowest BCUT2D eigenvalue weighted by Gasteiger charge is -2.15. The third-order valence-electron chi connectivity index (χ3n) is 3.68. The van der Waals surface area contributed by atoms with Crippen molar-refractivity contribution < 1.29 is 9.59 Å². The molecule has 1 aliphatic heterocycles. The van der Waals surface area contributed by atoms with Gasteiger partial charge in [0.1, 0.15) is 0 Å². The summed E-state index contributed by atoms with van der Waals surface area (Å²) >= 11 is 0. The lowest BCUT2D eigenvalue weighted by molar-refractivity contribution is -0.119. The number of carbonyl (C=O) groups excluding carboxylic acids is 2. The second-order valence-corrected chi connectivity index (χ2v) is 5.06. The highest BCUT2D eigenvalue weighted by molar-refractivity contribution is 5.96. The van der Waals surface area contributed by atoms with Crippen molar-refractivity contribution >= 4 is 23.2 Å². The minimum absolute atomic E-state index is 0.0157. The fraction of sp³-hybridized carbons (Fsp3) is 0.467. The summed E-state index contributed by atoms with van der Waals surface area (Å²) in [7, 11) is 0. The van der Waals surface area contributed by atoms with Crippen molar-refractivity contribution in [1.29, 1.82) is 0 Å². The van der Waals surface area contributed by atoms with Crippen LogP contribution in [0.5, 0.6) is 0 Å². The first-order valence-electron chi connectivity index (χ1n) is 6.74. The minimum Gasteiger partial charge on any atom is -0.326 e. The van der Waals surface area contributed by atoms with E-state index < -0.39 is 0 Å². The Morgan fingerprint density at radius 2 is 2.16 bits per heavy atom. The number of carbonyl (C=O) groups is 2. The minimum atomic E-state index is 0.0157. The average Bonchev–Trinajstić information content (AvgIpc) is 2.80. The molecule has 0 radical (unpaired) electrons. The van der Waals surface area contributed by atoms with E-state index in [1.54, 1.807) is 11.8 Å². The van der Waals surface area contributed by atoms with E-state index in [4.69, 9.17) is 0 Å². The van der Waals surface area contributed by atoms with Crippen LogP contribution in [0.3, 0.4) is 0 Å². The second kappa shape index (κ2) is 5.43. The van der Waals surface area contributed by atoms with Gasteiger partial charge >= 0.3 is 0 Å². The molecule has 102 valence electrons. The highest BCUT2D eigenvalue weighted by Crippen LogP contribution is 2.30. The second-order valence-electron chi connectivity index (χ2n) is 5.06. The Labute approximate surface area is 113 Å². The van der Waals surface area contributed by atoms with Crippen LogP contribution in [-0.2, 0) is 16.0 Å². The molecular weight excluding hydrogens is 240 g/mol. The maximum atomic E-state index is 11.8. The lowest BCUT2D eigenvalue weighted by atomic mass is 10.1. The number of rotatable bonds is 3. The molecule has 1 aliphatic rings. The first kappa shape index (κ1) is 13.6. The molecule has 1 atom stereocenters. The molecule has 0 saturated carbocycles. The van der Waals surface area contributed by atoms with Crippen molar-refractivity contribution in [3.63, 3.8) is 0 Å². The van der Waals surface area contributed by atoms with Crippen LogP contribution in [0.25, 0.3) is 0 Å². The summed E-state index contributed by atoms with van der Waals surface area (Å²) < 4.78 is 0. The monoisotopic (exact) mass is 260 g/mol. The molecule has 1 aromatic carbocycles. The van der Waals surface area contributed by atoms with Gasteiger partial charge in [0, 0.05) is 30.8 Å². The van der Waals surface area contributed by atoms with Crippen LogP contribution in [0.4, 0.5) is 11.4 Å². The van der Waals surface area contributed by atoms with Crippen molar-refractivity contribution in [3.8, 4) is 0 Å². The average molecular weight is 260 g/mol. The van der Waals surface area contributed by atoms with Gasteiger partial charge in [-0.15, -0.1) is 0 Å². The molecule has 0 aromatic heterocycles. The molecule has 1 unspecified atom stereocenters. The van der Waals surface area contributed by atoms with Gasteiger partial charge < -0.3 is 10.2 Å². The van der Waals surface area contributed by atoms with E-state index in [1.165, 1.54) is 0 Å². The zero-order chi connectivity index (χ0) is 14.0. The summed E-state index contributed by atoms with van der Waals surface area (Å²) in [4.78, 5) is 25.1. The Balaban J connectivity index is 2.15. The summed E-state index contributed by atoms with van der Waals surface area (Å²) in [5.41, 5.74) is 2.90. The Morgan fingerprint density at radius 3 is 2.79 bits per heavy atom. The Bertz CT molecular complexity index is 511. The van der Waals surface area contributed by atoms with Crippen LogP contribution >= 0.6 is 0 Å². The molecule has 1 N–H and O–H groups in total. The van der Waals surface area contributed by atoms with Gasteiger partial charge in [-0.05, 0) is 36.6 Å². The predicted octanol–water partition coefficient (Wildman–Crippen LogP) is 2.58. The number of nitrogens with one attached hydrogen (secondary N) is 1. The van der Waals surface area contributed by atoms with E-state index in [0.29, 0.717) is 0 Å². The Kier molecular flexibility index (Phi) is 3.88. The molecule has 4 nitrogen and oxygen atoms in total. The van der Waals surface area contributed by atoms with Crippen LogP contribution in [-0.4, -0.2) is 18.4 Å². The van der Waals surface area contributed by atoms with Gasteiger partial charge in [-0.3, -0.25) is 9.59 Å². The third-order valence-corrected chi connectivity index (χ3v) is 3.68. The molecule has 0 saturated heterocycles. The van der Waals surface area contributed by atoms with E-state index in [1.807, 2.05) is 32.0 Å². The first-order chi connectivity index (χ1) is 9.02. The predicted molar refractivity (Wildman–Crippen MR) is 76.3 cm³/mol. The van der Waals surface area contributed by atoms with E-state index in [9.17, 15) is 9.59 Å². The molecule has 1 aromatic rings. The van der Waals surface area contributed by atoms with Gasteiger partial charge in [0.15, 0.2) is 0 Å². The van der Waals surface area contributed by atoms with Crippen LogP contribution in [0.1, 0.15) is 32.8 Å². The summed E-state index contributed by atoms with van der Waals surface area (Å²) in [6.45, 7) is 6.22. The largest absolute Gasteiger partial charge is 0.326 e. The summed E-state index contributed by atoms with van der Waals surface area (Å²) in [6, 6.07) is 5.74. The number of anilines is 2. The number of hydrogen-bond donors (Lipinski definition) is 1. The first-order valence-corrected chi connectivity index (χ1v) is 6.74. The van der Waals surface area contributed by atoms with Crippen molar-refractivity contribution in [2.75, 3.05) is 16.8 Å². The van der Waals surface area contributed by atoms with Crippen molar-refractivity contribution in [1.82, 2.24) is 0 Å². The molecule has 19 heavy (non-hydrogen) atoms. The molecule has 0 aliphatic carbocycles. The summed E-state index contributed by atoms with van der Waals surface area (Å²) in [5, 5.41) is 2.92. The molecule has 2 amide bonds. The highest BCUT2D eigenvalue weighted by Gasteiger charge is 2.22. The normalized spacial score (nSPS) is 15.0. The van der Waals surface area contributed by atoms with E-state index >= 15 is 0 Å². The van der Waals surface area contributed by atoms with Crippen LogP contribution in [0.15, 0.2) is 18.2 Å². The van der Waals surface area contributed by atoms with Crippen molar-refractivity contribution in [2.24, 2.45) is 5.92 Å². The Hall–Kier alpha value is -1.84. The van der Waals surface area contributed by atoms with E-state index in [-0.39, 0.29) is 17.7 Å². The molecule has 0 spiro atoms. The molecule has 0 bridgehead atoms. The number of hydrogen-bond acceptors (Lipinski definition) is 2. The van der Waals surface area contributed by atoms with Gasteiger partial charge in [0.2, 0.25) is 11.8 Å². The maximum absolute atomic E-state index is 11.8. The van der Waals surface area contributed by atoms with Gasteiger partial charge in [0.25, 0.3) is 0 Å². The molecule has 0 fully saturated rings.